The molecule has 4 heteroatoms. The van der Waals surface area contributed by atoms with Crippen molar-refractivity contribution in [2.75, 3.05) is 0 Å². The van der Waals surface area contributed by atoms with E-state index in [0.717, 1.165) is 24.8 Å². The number of hydrogen-bond acceptors (Lipinski definition) is 2. The summed E-state index contributed by atoms with van der Waals surface area (Å²) < 4.78 is 0. The Balaban J connectivity index is 1.86. The second kappa shape index (κ2) is 7.25. The average molecular weight is 288 g/mol. The zero-order valence-electron chi connectivity index (χ0n) is 12.8. The first kappa shape index (κ1) is 15.5. The van der Waals surface area contributed by atoms with Crippen molar-refractivity contribution in [3.8, 4) is 0 Å². The average Bonchev–Trinajstić information content (AvgIpc) is 2.50. The van der Waals surface area contributed by atoms with Gasteiger partial charge < -0.3 is 10.6 Å². The lowest BCUT2D eigenvalue weighted by atomic mass is 9.86. The molecule has 1 aliphatic carbocycles. The fourth-order valence-corrected chi connectivity index (χ4v) is 2.85. The molecule has 0 saturated heterocycles. The summed E-state index contributed by atoms with van der Waals surface area (Å²) in [6.45, 7) is 4.01. The molecule has 1 fully saturated rings. The lowest BCUT2D eigenvalue weighted by Gasteiger charge is -2.29. The molecular weight excluding hydrogens is 264 g/mol. The Morgan fingerprint density at radius 1 is 1.10 bits per heavy atom. The maximum absolute atomic E-state index is 12.0. The van der Waals surface area contributed by atoms with Crippen LogP contribution in [0.15, 0.2) is 30.3 Å². The summed E-state index contributed by atoms with van der Waals surface area (Å²) >= 11 is 0. The Morgan fingerprint density at radius 2 is 1.76 bits per heavy atom. The van der Waals surface area contributed by atoms with Crippen LogP contribution in [0.2, 0.25) is 0 Å². The number of hydrogen-bond donors (Lipinski definition) is 2. The van der Waals surface area contributed by atoms with Gasteiger partial charge in [-0.2, -0.15) is 0 Å². The Kier molecular flexibility index (Phi) is 5.37. The maximum atomic E-state index is 12.0. The first-order chi connectivity index (χ1) is 10.1. The highest BCUT2D eigenvalue weighted by Gasteiger charge is 2.26. The molecule has 0 unspecified atom stereocenters. The third-order valence-corrected chi connectivity index (χ3v) is 4.28. The van der Waals surface area contributed by atoms with Crippen LogP contribution in [-0.4, -0.2) is 17.9 Å². The molecule has 2 N–H and O–H groups in total. The predicted molar refractivity (Wildman–Crippen MR) is 82.6 cm³/mol. The van der Waals surface area contributed by atoms with Crippen molar-refractivity contribution in [1.82, 2.24) is 10.6 Å². The second-order valence-corrected chi connectivity index (χ2v) is 5.95. The van der Waals surface area contributed by atoms with Gasteiger partial charge in [-0.3, -0.25) is 9.59 Å². The molecule has 1 aromatic rings. The largest absolute Gasteiger partial charge is 0.345 e. The Hall–Kier alpha value is -1.84. The summed E-state index contributed by atoms with van der Waals surface area (Å²) in [7, 11) is 0. The van der Waals surface area contributed by atoms with E-state index in [1.807, 2.05) is 37.3 Å². The lowest BCUT2D eigenvalue weighted by Crippen LogP contribution is -2.48. The predicted octanol–water partition coefficient (Wildman–Crippen LogP) is 2.56. The van der Waals surface area contributed by atoms with Crippen molar-refractivity contribution in [3.63, 3.8) is 0 Å². The minimum absolute atomic E-state index is 0.129. The van der Waals surface area contributed by atoms with E-state index in [4.69, 9.17) is 0 Å². The van der Waals surface area contributed by atoms with E-state index in [2.05, 4.69) is 17.6 Å². The molecule has 0 spiro atoms. The number of rotatable bonds is 3. The van der Waals surface area contributed by atoms with E-state index in [0.29, 0.717) is 5.92 Å². The van der Waals surface area contributed by atoms with E-state index in [-0.39, 0.29) is 12.1 Å². The van der Waals surface area contributed by atoms with Crippen LogP contribution in [0.4, 0.5) is 0 Å². The minimum atomic E-state index is -0.552. The van der Waals surface area contributed by atoms with E-state index in [9.17, 15) is 9.59 Å². The third kappa shape index (κ3) is 4.31. The minimum Gasteiger partial charge on any atom is -0.345 e. The summed E-state index contributed by atoms with van der Waals surface area (Å²) in [5, 5.41) is 5.62. The van der Waals surface area contributed by atoms with Gasteiger partial charge in [-0.15, -0.1) is 0 Å². The van der Waals surface area contributed by atoms with Gasteiger partial charge in [-0.1, -0.05) is 50.1 Å². The van der Waals surface area contributed by atoms with Crippen LogP contribution >= 0.6 is 0 Å². The molecule has 4 nitrogen and oxygen atoms in total. The van der Waals surface area contributed by atoms with Crippen molar-refractivity contribution < 1.29 is 9.59 Å². The van der Waals surface area contributed by atoms with Gasteiger partial charge in [0.05, 0.1) is 6.04 Å². The van der Waals surface area contributed by atoms with Gasteiger partial charge in [0.25, 0.3) is 0 Å². The number of carbonyl (C=O) groups is 2. The van der Waals surface area contributed by atoms with Crippen molar-refractivity contribution in [2.45, 2.75) is 51.6 Å². The first-order valence-corrected chi connectivity index (χ1v) is 7.74. The van der Waals surface area contributed by atoms with Crippen LogP contribution in [0, 0.1) is 5.92 Å². The quantitative estimate of drug-likeness (QED) is 0.840. The highest BCUT2D eigenvalue weighted by Crippen LogP contribution is 2.23. The standard InChI is InChI=1S/C17H24N2O2/c1-12-8-6-7-11-15(12)19-17(21)16(20)18-13(2)14-9-4-3-5-10-14/h3-5,9-10,12-13,15H,6-8,11H2,1-2H3,(H,18,20)(H,19,21)/t12-,13-,15+/m0/s1. The summed E-state index contributed by atoms with van der Waals surface area (Å²) in [5.41, 5.74) is 0.990. The number of amides is 2. The number of carbonyl (C=O) groups excluding carboxylic acids is 2. The summed E-state index contributed by atoms with van der Waals surface area (Å²) in [5.74, 6) is -0.622. The van der Waals surface area contributed by atoms with Gasteiger partial charge in [0.2, 0.25) is 0 Å². The van der Waals surface area contributed by atoms with Crippen LogP contribution in [0.1, 0.15) is 51.1 Å². The van der Waals surface area contributed by atoms with Crippen LogP contribution in [0.3, 0.4) is 0 Å². The number of benzene rings is 1. The Labute approximate surface area is 126 Å². The van der Waals surface area contributed by atoms with Crippen LogP contribution in [0.5, 0.6) is 0 Å². The van der Waals surface area contributed by atoms with Gasteiger partial charge in [0, 0.05) is 6.04 Å². The van der Waals surface area contributed by atoms with Crippen LogP contribution in [0.25, 0.3) is 0 Å². The topological polar surface area (TPSA) is 58.2 Å². The molecule has 0 aliphatic heterocycles. The highest BCUT2D eigenvalue weighted by atomic mass is 16.2. The molecule has 2 rings (SSSR count). The van der Waals surface area contributed by atoms with Gasteiger partial charge in [0.15, 0.2) is 0 Å². The third-order valence-electron chi connectivity index (χ3n) is 4.28. The molecule has 1 aliphatic rings. The fraction of sp³-hybridized carbons (Fsp3) is 0.529. The molecular formula is C17H24N2O2. The first-order valence-electron chi connectivity index (χ1n) is 7.74. The Bertz CT molecular complexity index is 487. The van der Waals surface area contributed by atoms with Crippen molar-refractivity contribution >= 4 is 11.8 Å². The van der Waals surface area contributed by atoms with E-state index in [1.54, 1.807) is 0 Å². The molecule has 114 valence electrons. The van der Waals surface area contributed by atoms with E-state index < -0.39 is 11.8 Å². The van der Waals surface area contributed by atoms with Crippen molar-refractivity contribution in [2.24, 2.45) is 5.92 Å². The molecule has 1 aromatic carbocycles. The summed E-state index contributed by atoms with van der Waals surface area (Å²) in [6.07, 6.45) is 4.42. The van der Waals surface area contributed by atoms with Crippen LogP contribution in [-0.2, 0) is 9.59 Å². The van der Waals surface area contributed by atoms with Crippen molar-refractivity contribution in [3.05, 3.63) is 35.9 Å². The number of nitrogens with one attached hydrogen (secondary N) is 2. The van der Waals surface area contributed by atoms with Gasteiger partial charge in [0.1, 0.15) is 0 Å². The summed E-state index contributed by atoms with van der Waals surface area (Å²) in [6, 6.07) is 9.59. The van der Waals surface area contributed by atoms with Gasteiger partial charge in [-0.25, -0.2) is 0 Å². The molecule has 0 heterocycles. The molecule has 0 aromatic heterocycles. The SMILES string of the molecule is C[C@H](NC(=O)C(=O)N[C@@H]1CCCC[C@@H]1C)c1ccccc1. The smallest absolute Gasteiger partial charge is 0.309 e. The van der Waals surface area contributed by atoms with E-state index >= 15 is 0 Å². The van der Waals surface area contributed by atoms with Gasteiger partial charge in [-0.05, 0) is 31.2 Å². The Morgan fingerprint density at radius 3 is 2.43 bits per heavy atom. The molecule has 3 atom stereocenters. The zero-order valence-corrected chi connectivity index (χ0v) is 12.8. The monoisotopic (exact) mass is 288 g/mol. The molecule has 1 saturated carbocycles. The molecule has 0 bridgehead atoms. The van der Waals surface area contributed by atoms with Crippen LogP contribution < -0.4 is 10.6 Å². The normalized spacial score (nSPS) is 23.1. The summed E-state index contributed by atoms with van der Waals surface area (Å²) in [4.78, 5) is 24.0. The van der Waals surface area contributed by atoms with E-state index in [1.165, 1.54) is 6.42 Å². The second-order valence-electron chi connectivity index (χ2n) is 5.95. The molecule has 21 heavy (non-hydrogen) atoms. The van der Waals surface area contributed by atoms with Crippen molar-refractivity contribution in [1.29, 1.82) is 0 Å². The lowest BCUT2D eigenvalue weighted by molar-refractivity contribution is -0.140. The van der Waals surface area contributed by atoms with Gasteiger partial charge >= 0.3 is 11.8 Å². The highest BCUT2D eigenvalue weighted by molar-refractivity contribution is 6.35. The zero-order chi connectivity index (χ0) is 15.2. The fourth-order valence-electron chi connectivity index (χ4n) is 2.85. The molecule has 2 amide bonds. The maximum Gasteiger partial charge on any atom is 0.309 e. The molecule has 0 radical (unpaired) electrons.